The molecule has 0 fully saturated rings. The lowest BCUT2D eigenvalue weighted by Crippen LogP contribution is -2.52. The number of carbonyl (C=O) groups excluding carboxylic acids is 2. The van der Waals surface area contributed by atoms with E-state index in [0.29, 0.717) is 31.0 Å². The van der Waals surface area contributed by atoms with Gasteiger partial charge >= 0.3 is 0 Å². The molecule has 0 saturated heterocycles. The summed E-state index contributed by atoms with van der Waals surface area (Å²) in [6.45, 7) is 10.4. The van der Waals surface area contributed by atoms with Gasteiger partial charge in [-0.15, -0.1) is 0 Å². The molecule has 0 aliphatic carbocycles. The number of benzene rings is 2. The lowest BCUT2D eigenvalue weighted by atomic mass is 10.1. The first kappa shape index (κ1) is 29.2. The molecule has 2 amide bonds. The molecule has 2 aromatic rings. The van der Waals surface area contributed by atoms with Crippen molar-refractivity contribution in [3.63, 3.8) is 0 Å². The van der Waals surface area contributed by atoms with Gasteiger partial charge in [-0.25, -0.2) is 8.42 Å². The summed E-state index contributed by atoms with van der Waals surface area (Å²) in [4.78, 5) is 28.3. The van der Waals surface area contributed by atoms with Crippen LogP contribution in [-0.2, 0) is 26.2 Å². The number of nitrogens with zero attached hydrogens (tertiary/aromatic N) is 2. The van der Waals surface area contributed by atoms with Gasteiger partial charge in [0.05, 0.1) is 18.6 Å². The Labute approximate surface area is 215 Å². The van der Waals surface area contributed by atoms with Gasteiger partial charge in [-0.1, -0.05) is 45.0 Å². The summed E-state index contributed by atoms with van der Waals surface area (Å²) in [6.07, 6.45) is 1.46. The molecule has 1 N–H and O–H groups in total. The summed E-state index contributed by atoms with van der Waals surface area (Å²) in [7, 11) is -3.78. The number of ether oxygens (including phenoxy) is 1. The largest absolute Gasteiger partial charge is 0.494 e. The Morgan fingerprint density at radius 3 is 2.19 bits per heavy atom. The SMILES string of the molecule is CCOc1ccc(N(CC(=O)N(Cc2ccccc2C)[C@H](CC)C(=O)NCC(C)C)S(C)(=O)=O)cc1. The second-order valence-electron chi connectivity index (χ2n) is 9.21. The Kier molecular flexibility index (Phi) is 10.8. The quantitative estimate of drug-likeness (QED) is 0.437. The summed E-state index contributed by atoms with van der Waals surface area (Å²) in [5.41, 5.74) is 2.23. The number of carbonyl (C=O) groups is 2. The second kappa shape index (κ2) is 13.3. The van der Waals surface area contributed by atoms with Crippen LogP contribution in [-0.4, -0.2) is 57.1 Å². The van der Waals surface area contributed by atoms with E-state index in [1.807, 2.05) is 58.9 Å². The third-order valence-corrected chi connectivity index (χ3v) is 6.93. The molecule has 0 saturated carbocycles. The first-order chi connectivity index (χ1) is 17.0. The highest BCUT2D eigenvalue weighted by molar-refractivity contribution is 7.92. The third-order valence-electron chi connectivity index (χ3n) is 5.79. The molecule has 0 radical (unpaired) electrons. The molecular formula is C27H39N3O5S. The summed E-state index contributed by atoms with van der Waals surface area (Å²) in [6, 6.07) is 13.5. The third kappa shape index (κ3) is 8.26. The number of amides is 2. The number of hydrogen-bond acceptors (Lipinski definition) is 5. The lowest BCUT2D eigenvalue weighted by molar-refractivity contribution is -0.140. The van der Waals surface area contributed by atoms with Gasteiger partial charge in [-0.2, -0.15) is 0 Å². The number of hydrogen-bond donors (Lipinski definition) is 1. The molecule has 0 unspecified atom stereocenters. The van der Waals surface area contributed by atoms with Crippen molar-refractivity contribution in [3.8, 4) is 5.75 Å². The number of aryl methyl sites for hydroxylation is 1. The van der Waals surface area contributed by atoms with Crippen LogP contribution in [0.4, 0.5) is 5.69 Å². The van der Waals surface area contributed by atoms with Crippen LogP contribution in [0.3, 0.4) is 0 Å². The van der Waals surface area contributed by atoms with E-state index in [9.17, 15) is 18.0 Å². The fourth-order valence-electron chi connectivity index (χ4n) is 3.80. The maximum Gasteiger partial charge on any atom is 0.244 e. The number of anilines is 1. The molecule has 36 heavy (non-hydrogen) atoms. The van der Waals surface area contributed by atoms with E-state index in [4.69, 9.17) is 4.74 Å². The van der Waals surface area contributed by atoms with Gasteiger partial charge in [0.25, 0.3) is 0 Å². The summed E-state index contributed by atoms with van der Waals surface area (Å²) in [5, 5.41) is 2.92. The topological polar surface area (TPSA) is 96.0 Å². The fraction of sp³-hybridized carbons (Fsp3) is 0.481. The Morgan fingerprint density at radius 1 is 1.03 bits per heavy atom. The van der Waals surface area contributed by atoms with Crippen LogP contribution in [0, 0.1) is 12.8 Å². The minimum absolute atomic E-state index is 0.194. The average molecular weight is 518 g/mol. The van der Waals surface area contributed by atoms with E-state index in [-0.39, 0.29) is 18.4 Å². The zero-order chi connectivity index (χ0) is 26.9. The van der Waals surface area contributed by atoms with Crippen LogP contribution < -0.4 is 14.4 Å². The molecular weight excluding hydrogens is 478 g/mol. The van der Waals surface area contributed by atoms with E-state index >= 15 is 0 Å². The second-order valence-corrected chi connectivity index (χ2v) is 11.1. The molecule has 198 valence electrons. The van der Waals surface area contributed by atoms with Crippen LogP contribution in [0.1, 0.15) is 45.2 Å². The van der Waals surface area contributed by atoms with Gasteiger partial charge in [-0.05, 0) is 61.6 Å². The van der Waals surface area contributed by atoms with Gasteiger partial charge in [0, 0.05) is 13.1 Å². The fourth-order valence-corrected chi connectivity index (χ4v) is 4.65. The predicted octanol–water partition coefficient (Wildman–Crippen LogP) is 3.74. The Morgan fingerprint density at radius 2 is 1.67 bits per heavy atom. The van der Waals surface area contributed by atoms with E-state index in [1.54, 1.807) is 24.3 Å². The highest BCUT2D eigenvalue weighted by Gasteiger charge is 2.32. The van der Waals surface area contributed by atoms with E-state index in [1.165, 1.54) is 4.90 Å². The van der Waals surface area contributed by atoms with Crippen LogP contribution in [0.15, 0.2) is 48.5 Å². The van der Waals surface area contributed by atoms with Crippen molar-refractivity contribution >= 4 is 27.5 Å². The minimum Gasteiger partial charge on any atom is -0.494 e. The maximum atomic E-state index is 13.7. The molecule has 2 rings (SSSR count). The van der Waals surface area contributed by atoms with Crippen LogP contribution in [0.5, 0.6) is 5.75 Å². The van der Waals surface area contributed by atoms with Crippen molar-refractivity contribution in [2.75, 3.05) is 30.3 Å². The normalized spacial score (nSPS) is 12.2. The van der Waals surface area contributed by atoms with E-state index in [0.717, 1.165) is 21.7 Å². The summed E-state index contributed by atoms with van der Waals surface area (Å²) >= 11 is 0. The Hall–Kier alpha value is -3.07. The zero-order valence-corrected chi connectivity index (χ0v) is 23.0. The monoisotopic (exact) mass is 517 g/mol. The van der Waals surface area contributed by atoms with Crippen molar-refractivity contribution in [2.24, 2.45) is 5.92 Å². The molecule has 0 spiro atoms. The maximum absolute atomic E-state index is 13.7. The number of sulfonamides is 1. The Balaban J connectivity index is 2.41. The van der Waals surface area contributed by atoms with Gasteiger partial charge in [0.15, 0.2) is 0 Å². The van der Waals surface area contributed by atoms with E-state index in [2.05, 4.69) is 5.32 Å². The molecule has 0 aromatic heterocycles. The number of rotatable bonds is 13. The Bertz CT molecular complexity index is 1120. The van der Waals surface area contributed by atoms with Crippen LogP contribution in [0.2, 0.25) is 0 Å². The molecule has 0 aliphatic heterocycles. The molecule has 1 atom stereocenters. The standard InChI is InChI=1S/C27H39N3O5S/c1-7-25(27(32)28-17-20(3)4)29(18-22-12-10-9-11-21(22)5)26(31)19-30(36(6,33)34)23-13-15-24(16-14-23)35-8-2/h9-16,20,25H,7-8,17-19H2,1-6H3,(H,28,32)/t25-/m1/s1. The van der Waals surface area contributed by atoms with Crippen LogP contribution in [0.25, 0.3) is 0 Å². The average Bonchev–Trinajstić information content (AvgIpc) is 2.82. The van der Waals surface area contributed by atoms with Crippen molar-refractivity contribution in [1.29, 1.82) is 0 Å². The first-order valence-corrected chi connectivity index (χ1v) is 14.1. The van der Waals surface area contributed by atoms with Crippen molar-refractivity contribution < 1.29 is 22.7 Å². The summed E-state index contributed by atoms with van der Waals surface area (Å²) < 4.78 is 31.9. The first-order valence-electron chi connectivity index (χ1n) is 12.3. The van der Waals surface area contributed by atoms with Crippen molar-refractivity contribution in [1.82, 2.24) is 10.2 Å². The molecule has 0 aliphatic rings. The molecule has 8 nitrogen and oxygen atoms in total. The van der Waals surface area contributed by atoms with Gasteiger partial charge in [0.1, 0.15) is 18.3 Å². The highest BCUT2D eigenvalue weighted by Crippen LogP contribution is 2.23. The smallest absolute Gasteiger partial charge is 0.244 e. The van der Waals surface area contributed by atoms with E-state index < -0.39 is 28.5 Å². The van der Waals surface area contributed by atoms with Gasteiger partial charge < -0.3 is 15.0 Å². The molecule has 2 aromatic carbocycles. The minimum atomic E-state index is -3.78. The number of nitrogens with one attached hydrogen (secondary N) is 1. The lowest BCUT2D eigenvalue weighted by Gasteiger charge is -2.33. The van der Waals surface area contributed by atoms with Gasteiger partial charge in [-0.3, -0.25) is 13.9 Å². The van der Waals surface area contributed by atoms with Crippen molar-refractivity contribution in [3.05, 3.63) is 59.7 Å². The van der Waals surface area contributed by atoms with Gasteiger partial charge in [0.2, 0.25) is 21.8 Å². The molecule has 0 bridgehead atoms. The molecule has 0 heterocycles. The summed E-state index contributed by atoms with van der Waals surface area (Å²) in [5.74, 6) is 0.159. The highest BCUT2D eigenvalue weighted by atomic mass is 32.2. The molecule has 9 heteroatoms. The van der Waals surface area contributed by atoms with Crippen molar-refractivity contribution in [2.45, 2.75) is 53.6 Å². The predicted molar refractivity (Wildman–Crippen MR) is 143 cm³/mol. The zero-order valence-electron chi connectivity index (χ0n) is 22.2. The van der Waals surface area contributed by atoms with Crippen LogP contribution >= 0.6 is 0 Å².